The van der Waals surface area contributed by atoms with Crippen LogP contribution in [0.5, 0.6) is 0 Å². The predicted octanol–water partition coefficient (Wildman–Crippen LogP) is 3.54. The zero-order valence-corrected chi connectivity index (χ0v) is 12.3. The molecule has 1 aromatic rings. The molecule has 0 atom stereocenters. The minimum absolute atomic E-state index is 0.0391. The number of carbonyl (C=O) groups is 1. The lowest BCUT2D eigenvalue weighted by Crippen LogP contribution is -2.42. The molecule has 3 nitrogen and oxygen atoms in total. The second kappa shape index (κ2) is 7.43. The molecule has 1 aliphatic rings. The Bertz CT molecular complexity index is 416. The van der Waals surface area contributed by atoms with Gasteiger partial charge >= 0.3 is 6.03 Å². The van der Waals surface area contributed by atoms with Gasteiger partial charge in [0.25, 0.3) is 0 Å². The first-order valence-corrected chi connectivity index (χ1v) is 8.18. The van der Waals surface area contributed by atoms with E-state index in [1.807, 2.05) is 12.1 Å². The molecule has 0 radical (unpaired) electrons. The predicted molar refractivity (Wildman–Crippen MR) is 80.5 cm³/mol. The van der Waals surface area contributed by atoms with Gasteiger partial charge < -0.3 is 10.6 Å². The van der Waals surface area contributed by atoms with Gasteiger partial charge in [-0.3, -0.25) is 0 Å². The van der Waals surface area contributed by atoms with E-state index < -0.39 is 0 Å². The monoisotopic (exact) mass is 278 g/mol. The highest BCUT2D eigenvalue weighted by Crippen LogP contribution is 2.19. The molecule has 0 spiro atoms. The summed E-state index contributed by atoms with van der Waals surface area (Å²) in [5.74, 6) is 0. The Kier molecular flexibility index (Phi) is 5.58. The molecular formula is C15H22N2OS. The fourth-order valence-electron chi connectivity index (χ4n) is 2.51. The van der Waals surface area contributed by atoms with Gasteiger partial charge in [0.1, 0.15) is 0 Å². The lowest BCUT2D eigenvalue weighted by Gasteiger charge is -2.23. The van der Waals surface area contributed by atoms with E-state index in [-0.39, 0.29) is 6.03 Å². The summed E-state index contributed by atoms with van der Waals surface area (Å²) >= 11 is 1.71. The van der Waals surface area contributed by atoms with Crippen LogP contribution in [-0.4, -0.2) is 18.3 Å². The van der Waals surface area contributed by atoms with Crippen LogP contribution in [0.15, 0.2) is 29.2 Å². The van der Waals surface area contributed by atoms with Crippen molar-refractivity contribution in [2.45, 2.75) is 49.6 Å². The van der Waals surface area contributed by atoms with E-state index in [0.717, 1.165) is 12.8 Å². The number of hydrogen-bond acceptors (Lipinski definition) is 2. The fraction of sp³-hybridized carbons (Fsp3) is 0.533. The number of benzene rings is 1. The van der Waals surface area contributed by atoms with Gasteiger partial charge in [-0.25, -0.2) is 4.79 Å². The van der Waals surface area contributed by atoms with Crippen LogP contribution in [0.3, 0.4) is 0 Å². The number of thioether (sulfide) groups is 1. The van der Waals surface area contributed by atoms with Gasteiger partial charge in [0.15, 0.2) is 0 Å². The van der Waals surface area contributed by atoms with Gasteiger partial charge in [0.2, 0.25) is 0 Å². The van der Waals surface area contributed by atoms with Crippen molar-refractivity contribution in [3.63, 3.8) is 0 Å². The molecule has 4 heteroatoms. The summed E-state index contributed by atoms with van der Waals surface area (Å²) in [6, 6.07) is 8.51. The molecule has 0 bridgehead atoms. The summed E-state index contributed by atoms with van der Waals surface area (Å²) in [6.45, 7) is 0.593. The molecule has 0 unspecified atom stereocenters. The van der Waals surface area contributed by atoms with Gasteiger partial charge in [-0.1, -0.05) is 37.5 Å². The molecule has 1 saturated carbocycles. The third kappa shape index (κ3) is 4.46. The summed E-state index contributed by atoms with van der Waals surface area (Å²) in [5.41, 5.74) is 1.17. The Morgan fingerprint density at radius 2 is 2.00 bits per heavy atom. The maximum absolute atomic E-state index is 11.9. The molecule has 2 amide bonds. The first-order valence-electron chi connectivity index (χ1n) is 6.96. The van der Waals surface area contributed by atoms with Crippen LogP contribution in [-0.2, 0) is 6.54 Å². The number of rotatable bonds is 4. The Morgan fingerprint density at radius 1 is 1.26 bits per heavy atom. The summed E-state index contributed by atoms with van der Waals surface area (Å²) in [4.78, 5) is 13.1. The van der Waals surface area contributed by atoms with Crippen LogP contribution in [0, 0.1) is 0 Å². The van der Waals surface area contributed by atoms with Crippen molar-refractivity contribution in [2.75, 3.05) is 6.26 Å². The Morgan fingerprint density at radius 3 is 2.74 bits per heavy atom. The summed E-state index contributed by atoms with van der Waals surface area (Å²) in [7, 11) is 0. The third-order valence-corrected chi connectivity index (χ3v) is 4.41. The third-order valence-electron chi connectivity index (χ3n) is 3.57. The second-order valence-corrected chi connectivity index (χ2v) is 5.82. The highest BCUT2D eigenvalue weighted by molar-refractivity contribution is 7.98. The van der Waals surface area contributed by atoms with E-state index in [0.29, 0.717) is 12.6 Å². The van der Waals surface area contributed by atoms with E-state index in [1.165, 1.54) is 29.7 Å². The lowest BCUT2D eigenvalue weighted by molar-refractivity contribution is 0.232. The van der Waals surface area contributed by atoms with E-state index in [9.17, 15) is 4.79 Å². The number of carbonyl (C=O) groups excluding carboxylic acids is 1. The molecule has 104 valence electrons. The van der Waals surface area contributed by atoms with E-state index >= 15 is 0 Å². The van der Waals surface area contributed by atoms with Gasteiger partial charge in [0, 0.05) is 17.5 Å². The van der Waals surface area contributed by atoms with Crippen molar-refractivity contribution in [1.82, 2.24) is 10.6 Å². The maximum Gasteiger partial charge on any atom is 0.315 e. The molecule has 1 aromatic carbocycles. The smallest absolute Gasteiger partial charge is 0.315 e. The number of urea groups is 1. The van der Waals surface area contributed by atoms with Crippen LogP contribution >= 0.6 is 11.8 Å². The molecule has 19 heavy (non-hydrogen) atoms. The largest absolute Gasteiger partial charge is 0.335 e. The highest BCUT2D eigenvalue weighted by atomic mass is 32.2. The van der Waals surface area contributed by atoms with Crippen molar-refractivity contribution in [1.29, 1.82) is 0 Å². The summed E-state index contributed by atoms with van der Waals surface area (Å²) in [5, 5.41) is 6.03. The number of hydrogen-bond donors (Lipinski definition) is 2. The SMILES string of the molecule is CSc1ccccc1CNC(=O)NC1CCCCC1. The minimum atomic E-state index is -0.0391. The first-order chi connectivity index (χ1) is 9.29. The summed E-state index contributed by atoms with van der Waals surface area (Å²) in [6.07, 6.45) is 8.08. The van der Waals surface area contributed by atoms with Crippen LogP contribution in [0.2, 0.25) is 0 Å². The normalized spacial score (nSPS) is 16.1. The highest BCUT2D eigenvalue weighted by Gasteiger charge is 2.15. The van der Waals surface area contributed by atoms with Gasteiger partial charge in [-0.2, -0.15) is 0 Å². The van der Waals surface area contributed by atoms with E-state index in [4.69, 9.17) is 0 Å². The van der Waals surface area contributed by atoms with Crippen LogP contribution in [0.1, 0.15) is 37.7 Å². The van der Waals surface area contributed by atoms with Crippen molar-refractivity contribution in [3.05, 3.63) is 29.8 Å². The molecule has 0 aliphatic heterocycles. The first kappa shape index (κ1) is 14.3. The Balaban J connectivity index is 1.79. The molecule has 1 aliphatic carbocycles. The van der Waals surface area contributed by atoms with Crippen molar-refractivity contribution < 1.29 is 4.79 Å². The average Bonchev–Trinajstić information content (AvgIpc) is 2.46. The quantitative estimate of drug-likeness (QED) is 0.827. The van der Waals surface area contributed by atoms with Gasteiger partial charge in [0.05, 0.1) is 0 Å². The van der Waals surface area contributed by atoms with Crippen LogP contribution in [0.25, 0.3) is 0 Å². The lowest BCUT2D eigenvalue weighted by atomic mass is 9.96. The topological polar surface area (TPSA) is 41.1 Å². The molecular weight excluding hydrogens is 256 g/mol. The molecule has 0 saturated heterocycles. The molecule has 1 fully saturated rings. The molecule has 0 heterocycles. The van der Waals surface area contributed by atoms with Crippen LogP contribution in [0.4, 0.5) is 4.79 Å². The van der Waals surface area contributed by atoms with Crippen molar-refractivity contribution >= 4 is 17.8 Å². The fourth-order valence-corrected chi connectivity index (χ4v) is 3.12. The Labute approximate surface area is 119 Å². The van der Waals surface area contributed by atoms with E-state index in [1.54, 1.807) is 11.8 Å². The molecule has 2 rings (SSSR count). The van der Waals surface area contributed by atoms with Crippen LogP contribution < -0.4 is 10.6 Å². The molecule has 0 aromatic heterocycles. The summed E-state index contributed by atoms with van der Waals surface area (Å²) < 4.78 is 0. The number of nitrogens with one attached hydrogen (secondary N) is 2. The standard InChI is InChI=1S/C15H22N2OS/c1-19-14-10-6-5-7-12(14)11-16-15(18)17-13-8-3-2-4-9-13/h5-7,10,13H,2-4,8-9,11H2,1H3,(H2,16,17,18). The zero-order chi connectivity index (χ0) is 13.5. The Hall–Kier alpha value is -1.16. The maximum atomic E-state index is 11.9. The molecule has 2 N–H and O–H groups in total. The second-order valence-electron chi connectivity index (χ2n) is 4.97. The van der Waals surface area contributed by atoms with E-state index in [2.05, 4.69) is 29.0 Å². The average molecular weight is 278 g/mol. The van der Waals surface area contributed by atoms with Gasteiger partial charge in [-0.15, -0.1) is 11.8 Å². The van der Waals surface area contributed by atoms with Crippen molar-refractivity contribution in [2.24, 2.45) is 0 Å². The van der Waals surface area contributed by atoms with Crippen molar-refractivity contribution in [3.8, 4) is 0 Å². The zero-order valence-electron chi connectivity index (χ0n) is 11.4. The minimum Gasteiger partial charge on any atom is -0.335 e. The van der Waals surface area contributed by atoms with Gasteiger partial charge in [-0.05, 0) is 30.7 Å². The number of amides is 2.